The van der Waals surface area contributed by atoms with Crippen molar-refractivity contribution >= 4 is 16.7 Å². The molecule has 3 nitrogen and oxygen atoms in total. The Hall–Kier alpha value is -1.74. The molecular weight excluding hydrogens is 226 g/mol. The number of benzene rings is 1. The summed E-state index contributed by atoms with van der Waals surface area (Å²) >= 11 is 0. The SMILES string of the molecule is CC(C)(C)OCC(=O)c1cccc2cccnc12. The van der Waals surface area contributed by atoms with Crippen molar-refractivity contribution in [2.24, 2.45) is 0 Å². The van der Waals surface area contributed by atoms with Crippen molar-refractivity contribution in [1.82, 2.24) is 4.98 Å². The van der Waals surface area contributed by atoms with E-state index < -0.39 is 0 Å². The fraction of sp³-hybridized carbons (Fsp3) is 0.333. The van der Waals surface area contributed by atoms with Crippen LogP contribution in [-0.4, -0.2) is 23.0 Å². The molecule has 0 bridgehead atoms. The topological polar surface area (TPSA) is 39.2 Å². The van der Waals surface area contributed by atoms with Crippen LogP contribution in [0.25, 0.3) is 10.9 Å². The Balaban J connectivity index is 2.28. The van der Waals surface area contributed by atoms with Gasteiger partial charge in [0.05, 0.1) is 11.1 Å². The Labute approximate surface area is 107 Å². The lowest BCUT2D eigenvalue weighted by Gasteiger charge is -2.18. The lowest BCUT2D eigenvalue weighted by atomic mass is 10.1. The van der Waals surface area contributed by atoms with Crippen LogP contribution in [0.15, 0.2) is 36.5 Å². The number of carbonyl (C=O) groups excluding carboxylic acids is 1. The van der Waals surface area contributed by atoms with E-state index in [0.29, 0.717) is 5.56 Å². The van der Waals surface area contributed by atoms with Gasteiger partial charge in [0, 0.05) is 17.1 Å². The molecule has 0 atom stereocenters. The van der Waals surface area contributed by atoms with Crippen LogP contribution in [0.3, 0.4) is 0 Å². The molecule has 0 fully saturated rings. The fourth-order valence-corrected chi connectivity index (χ4v) is 1.69. The Bertz CT molecular complexity index is 565. The molecule has 1 aromatic carbocycles. The van der Waals surface area contributed by atoms with Crippen molar-refractivity contribution in [3.8, 4) is 0 Å². The first-order valence-electron chi connectivity index (χ1n) is 5.98. The van der Waals surface area contributed by atoms with Gasteiger partial charge in [-0.1, -0.05) is 18.2 Å². The van der Waals surface area contributed by atoms with Gasteiger partial charge >= 0.3 is 0 Å². The summed E-state index contributed by atoms with van der Waals surface area (Å²) in [6.45, 7) is 5.88. The molecule has 3 heteroatoms. The highest BCUT2D eigenvalue weighted by atomic mass is 16.5. The summed E-state index contributed by atoms with van der Waals surface area (Å²) < 4.78 is 5.52. The molecule has 0 unspecified atom stereocenters. The maximum Gasteiger partial charge on any atom is 0.190 e. The average molecular weight is 243 g/mol. The number of ketones is 1. The van der Waals surface area contributed by atoms with E-state index in [2.05, 4.69) is 4.98 Å². The number of rotatable bonds is 3. The van der Waals surface area contributed by atoms with Gasteiger partial charge in [0.1, 0.15) is 6.61 Å². The molecule has 1 aromatic heterocycles. The van der Waals surface area contributed by atoms with E-state index in [1.165, 1.54) is 0 Å². The zero-order valence-electron chi connectivity index (χ0n) is 10.9. The first-order valence-corrected chi connectivity index (χ1v) is 5.98. The quantitative estimate of drug-likeness (QED) is 0.777. The van der Waals surface area contributed by atoms with E-state index >= 15 is 0 Å². The number of fused-ring (bicyclic) bond motifs is 1. The molecule has 2 aromatic rings. The molecule has 18 heavy (non-hydrogen) atoms. The number of para-hydroxylation sites is 1. The number of Topliss-reactive ketones (excluding diaryl/α,β-unsaturated/α-hetero) is 1. The van der Waals surface area contributed by atoms with Gasteiger partial charge in [-0.25, -0.2) is 0 Å². The monoisotopic (exact) mass is 243 g/mol. The van der Waals surface area contributed by atoms with E-state index in [1.807, 2.05) is 45.0 Å². The standard InChI is InChI=1S/C15H17NO2/c1-15(2,3)18-10-13(17)12-8-4-6-11-7-5-9-16-14(11)12/h4-9H,10H2,1-3H3. The van der Waals surface area contributed by atoms with Gasteiger partial charge in [-0.3, -0.25) is 9.78 Å². The molecule has 2 rings (SSSR count). The van der Waals surface area contributed by atoms with E-state index in [1.54, 1.807) is 12.3 Å². The van der Waals surface area contributed by atoms with Crippen LogP contribution in [0.1, 0.15) is 31.1 Å². The van der Waals surface area contributed by atoms with Crippen LogP contribution >= 0.6 is 0 Å². The van der Waals surface area contributed by atoms with Crippen LogP contribution < -0.4 is 0 Å². The maximum absolute atomic E-state index is 12.1. The zero-order chi connectivity index (χ0) is 13.2. The Morgan fingerprint density at radius 1 is 1.22 bits per heavy atom. The summed E-state index contributed by atoms with van der Waals surface area (Å²) in [4.78, 5) is 16.4. The van der Waals surface area contributed by atoms with Crippen molar-refractivity contribution in [2.75, 3.05) is 6.61 Å². The lowest BCUT2D eigenvalue weighted by Crippen LogP contribution is -2.23. The zero-order valence-corrected chi connectivity index (χ0v) is 10.9. The molecule has 0 spiro atoms. The number of nitrogens with zero attached hydrogens (tertiary/aromatic N) is 1. The minimum absolute atomic E-state index is 0.0331. The van der Waals surface area contributed by atoms with E-state index in [0.717, 1.165) is 10.9 Å². The summed E-state index contributed by atoms with van der Waals surface area (Å²) in [5, 5.41) is 0.971. The highest BCUT2D eigenvalue weighted by Gasteiger charge is 2.16. The Kier molecular flexibility index (Phi) is 3.43. The smallest absolute Gasteiger partial charge is 0.190 e. The van der Waals surface area contributed by atoms with Crippen LogP contribution in [-0.2, 0) is 4.74 Å². The molecule has 0 saturated heterocycles. The van der Waals surface area contributed by atoms with E-state index in [9.17, 15) is 4.79 Å². The molecule has 0 aliphatic carbocycles. The van der Waals surface area contributed by atoms with Crippen molar-refractivity contribution in [3.05, 3.63) is 42.1 Å². The highest BCUT2D eigenvalue weighted by Crippen LogP contribution is 2.17. The first kappa shape index (κ1) is 12.7. The number of carbonyl (C=O) groups is 1. The van der Waals surface area contributed by atoms with Gasteiger partial charge in [-0.2, -0.15) is 0 Å². The molecule has 0 aliphatic heterocycles. The van der Waals surface area contributed by atoms with Gasteiger partial charge in [0.25, 0.3) is 0 Å². The third kappa shape index (κ3) is 2.93. The minimum atomic E-state index is -0.312. The van der Waals surface area contributed by atoms with Crippen molar-refractivity contribution in [3.63, 3.8) is 0 Å². The van der Waals surface area contributed by atoms with E-state index in [4.69, 9.17) is 4.74 Å². The number of ether oxygens (including phenoxy) is 1. The van der Waals surface area contributed by atoms with Crippen molar-refractivity contribution in [1.29, 1.82) is 0 Å². The molecular formula is C15H17NO2. The third-order valence-electron chi connectivity index (χ3n) is 2.57. The van der Waals surface area contributed by atoms with Crippen LogP contribution in [0.5, 0.6) is 0 Å². The molecule has 0 saturated carbocycles. The Morgan fingerprint density at radius 2 is 1.94 bits per heavy atom. The number of hydrogen-bond donors (Lipinski definition) is 0. The average Bonchev–Trinajstić information content (AvgIpc) is 2.34. The van der Waals surface area contributed by atoms with Crippen LogP contribution in [0.2, 0.25) is 0 Å². The summed E-state index contributed by atoms with van der Waals surface area (Å²) in [5.74, 6) is -0.0331. The summed E-state index contributed by atoms with van der Waals surface area (Å²) in [6, 6.07) is 9.42. The van der Waals surface area contributed by atoms with Crippen molar-refractivity contribution in [2.45, 2.75) is 26.4 Å². The van der Waals surface area contributed by atoms with Gasteiger partial charge in [0.15, 0.2) is 5.78 Å². The number of aromatic nitrogens is 1. The second kappa shape index (κ2) is 4.86. The summed E-state index contributed by atoms with van der Waals surface area (Å²) in [6.07, 6.45) is 1.70. The van der Waals surface area contributed by atoms with Crippen LogP contribution in [0, 0.1) is 0 Å². The molecule has 1 heterocycles. The predicted molar refractivity (Wildman–Crippen MR) is 71.8 cm³/mol. The predicted octanol–water partition coefficient (Wildman–Crippen LogP) is 3.23. The molecule has 0 radical (unpaired) electrons. The van der Waals surface area contributed by atoms with Gasteiger partial charge in [0.2, 0.25) is 0 Å². The van der Waals surface area contributed by atoms with Crippen molar-refractivity contribution < 1.29 is 9.53 Å². The molecule has 0 aliphatic rings. The largest absolute Gasteiger partial charge is 0.368 e. The second-order valence-corrected chi connectivity index (χ2v) is 5.20. The van der Waals surface area contributed by atoms with Gasteiger partial charge < -0.3 is 4.74 Å². The second-order valence-electron chi connectivity index (χ2n) is 5.20. The summed E-state index contributed by atoms with van der Waals surface area (Å²) in [5.41, 5.74) is 1.05. The third-order valence-corrected chi connectivity index (χ3v) is 2.57. The van der Waals surface area contributed by atoms with E-state index in [-0.39, 0.29) is 18.0 Å². The molecule has 0 N–H and O–H groups in total. The first-order chi connectivity index (χ1) is 8.47. The minimum Gasteiger partial charge on any atom is -0.368 e. The Morgan fingerprint density at radius 3 is 2.67 bits per heavy atom. The normalized spacial score (nSPS) is 11.7. The lowest BCUT2D eigenvalue weighted by molar-refractivity contribution is 0.00312. The molecule has 94 valence electrons. The summed E-state index contributed by atoms with van der Waals surface area (Å²) in [7, 11) is 0. The maximum atomic E-state index is 12.1. The van der Waals surface area contributed by atoms with Crippen LogP contribution in [0.4, 0.5) is 0 Å². The number of pyridine rings is 1. The number of hydrogen-bond acceptors (Lipinski definition) is 3. The highest BCUT2D eigenvalue weighted by molar-refractivity contribution is 6.07. The van der Waals surface area contributed by atoms with Gasteiger partial charge in [-0.15, -0.1) is 0 Å². The van der Waals surface area contributed by atoms with Gasteiger partial charge in [-0.05, 0) is 32.9 Å². The fourth-order valence-electron chi connectivity index (χ4n) is 1.69. The molecule has 0 amide bonds.